The summed E-state index contributed by atoms with van der Waals surface area (Å²) < 4.78 is 14.6. The van der Waals surface area contributed by atoms with Crippen LogP contribution in [0, 0.1) is 0 Å². The summed E-state index contributed by atoms with van der Waals surface area (Å²) in [6, 6.07) is 4.25. The van der Waals surface area contributed by atoms with E-state index in [1.165, 1.54) is 36.8 Å². The molecule has 0 amide bonds. The highest BCUT2D eigenvalue weighted by molar-refractivity contribution is 7.95. The van der Waals surface area contributed by atoms with Crippen molar-refractivity contribution in [3.8, 4) is 0 Å². The predicted octanol–water partition coefficient (Wildman–Crippen LogP) is 5.66. The normalized spacial score (nSPS) is 11.4. The SMILES string of the molecule is CCCCc1csc([S+]([O-])c2cc(CCCC)cs2)c1. The Balaban J connectivity index is 2.00. The molecule has 0 spiro atoms. The van der Waals surface area contributed by atoms with Gasteiger partial charge in [-0.05, 0) is 47.6 Å². The van der Waals surface area contributed by atoms with Crippen LogP contribution in [-0.4, -0.2) is 4.55 Å². The smallest absolute Gasteiger partial charge is 0.213 e. The first-order chi connectivity index (χ1) is 9.74. The van der Waals surface area contributed by atoms with Gasteiger partial charge in [-0.2, -0.15) is 0 Å². The van der Waals surface area contributed by atoms with E-state index in [9.17, 15) is 4.55 Å². The van der Waals surface area contributed by atoms with Gasteiger partial charge in [0.05, 0.1) is 0 Å². The van der Waals surface area contributed by atoms with Crippen molar-refractivity contribution >= 4 is 33.8 Å². The second-order valence-corrected chi connectivity index (χ2v) is 8.78. The average Bonchev–Trinajstić information content (AvgIpc) is 3.11. The van der Waals surface area contributed by atoms with Crippen LogP contribution < -0.4 is 0 Å². The van der Waals surface area contributed by atoms with E-state index in [0.717, 1.165) is 21.3 Å². The van der Waals surface area contributed by atoms with Gasteiger partial charge in [0.15, 0.2) is 0 Å². The van der Waals surface area contributed by atoms with E-state index in [1.807, 2.05) is 0 Å². The largest absolute Gasteiger partial charge is 0.605 e. The van der Waals surface area contributed by atoms with Gasteiger partial charge in [0, 0.05) is 23.3 Å². The monoisotopic (exact) mass is 326 g/mol. The molecule has 0 fully saturated rings. The molecule has 0 N–H and O–H groups in total. The number of rotatable bonds is 8. The van der Waals surface area contributed by atoms with Gasteiger partial charge in [-0.1, -0.05) is 49.4 Å². The van der Waals surface area contributed by atoms with Crippen LogP contribution in [0.3, 0.4) is 0 Å². The molecule has 2 heterocycles. The van der Waals surface area contributed by atoms with Gasteiger partial charge in [0.2, 0.25) is 8.42 Å². The predicted molar refractivity (Wildman–Crippen MR) is 90.5 cm³/mol. The quantitative estimate of drug-likeness (QED) is 0.574. The first-order valence-electron chi connectivity index (χ1n) is 7.31. The molecule has 4 heteroatoms. The molecule has 0 unspecified atom stereocenters. The summed E-state index contributed by atoms with van der Waals surface area (Å²) in [5, 5.41) is 4.32. The number of hydrogen-bond donors (Lipinski definition) is 0. The minimum Gasteiger partial charge on any atom is -0.605 e. The Bertz CT molecular complexity index is 469. The fourth-order valence-corrected chi connectivity index (χ4v) is 5.77. The molecule has 0 saturated heterocycles. The Hall–Kier alpha value is -0.290. The topological polar surface area (TPSA) is 23.1 Å². The molecule has 0 bridgehead atoms. The zero-order valence-electron chi connectivity index (χ0n) is 12.2. The van der Waals surface area contributed by atoms with E-state index in [1.54, 1.807) is 22.7 Å². The Labute approximate surface area is 133 Å². The number of thiophene rings is 2. The van der Waals surface area contributed by atoms with Gasteiger partial charge in [-0.25, -0.2) is 0 Å². The Morgan fingerprint density at radius 3 is 1.75 bits per heavy atom. The maximum atomic E-state index is 12.6. The molecule has 0 aliphatic rings. The van der Waals surface area contributed by atoms with Crippen LogP contribution in [0.2, 0.25) is 0 Å². The molecule has 20 heavy (non-hydrogen) atoms. The molecule has 0 radical (unpaired) electrons. The van der Waals surface area contributed by atoms with E-state index in [4.69, 9.17) is 0 Å². The second kappa shape index (κ2) is 8.23. The van der Waals surface area contributed by atoms with Crippen molar-refractivity contribution in [2.75, 3.05) is 0 Å². The Kier molecular flexibility index (Phi) is 6.62. The first kappa shape index (κ1) is 16.1. The summed E-state index contributed by atoms with van der Waals surface area (Å²) in [4.78, 5) is 0. The summed E-state index contributed by atoms with van der Waals surface area (Å²) in [7, 11) is 0. The molecule has 0 aromatic carbocycles. The van der Waals surface area contributed by atoms with Gasteiger partial charge in [-0.3, -0.25) is 0 Å². The molecule has 110 valence electrons. The van der Waals surface area contributed by atoms with Crippen molar-refractivity contribution in [3.05, 3.63) is 34.0 Å². The molecular weight excluding hydrogens is 304 g/mol. The van der Waals surface area contributed by atoms with Crippen LogP contribution in [0.5, 0.6) is 0 Å². The number of hydrogen-bond acceptors (Lipinski definition) is 3. The lowest BCUT2D eigenvalue weighted by molar-refractivity contribution is 0.599. The minimum absolute atomic E-state index is 0.979. The van der Waals surface area contributed by atoms with Crippen molar-refractivity contribution in [2.45, 2.75) is 60.8 Å². The van der Waals surface area contributed by atoms with E-state index in [0.29, 0.717) is 0 Å². The summed E-state index contributed by atoms with van der Waals surface area (Å²) in [6.07, 6.45) is 7.05. The molecule has 2 rings (SSSR count). The summed E-state index contributed by atoms with van der Waals surface area (Å²) in [5.41, 5.74) is 2.67. The lowest BCUT2D eigenvalue weighted by Gasteiger charge is -2.03. The molecule has 0 aliphatic heterocycles. The van der Waals surface area contributed by atoms with E-state index in [2.05, 4.69) is 36.7 Å². The Morgan fingerprint density at radius 1 is 0.900 bits per heavy atom. The van der Waals surface area contributed by atoms with Crippen LogP contribution in [-0.2, 0) is 24.0 Å². The highest BCUT2D eigenvalue weighted by Gasteiger charge is 2.19. The van der Waals surface area contributed by atoms with Crippen LogP contribution >= 0.6 is 22.7 Å². The fraction of sp³-hybridized carbons (Fsp3) is 0.500. The Morgan fingerprint density at radius 2 is 1.35 bits per heavy atom. The molecule has 2 aromatic rings. The summed E-state index contributed by atoms with van der Waals surface area (Å²) in [5.74, 6) is 0. The summed E-state index contributed by atoms with van der Waals surface area (Å²) >= 11 is 2.29. The molecule has 2 aromatic heterocycles. The minimum atomic E-state index is -0.979. The first-order valence-corrected chi connectivity index (χ1v) is 10.2. The maximum Gasteiger partial charge on any atom is 0.213 e. The van der Waals surface area contributed by atoms with E-state index >= 15 is 0 Å². The third-order valence-corrected chi connectivity index (χ3v) is 7.26. The lowest BCUT2D eigenvalue weighted by Crippen LogP contribution is -1.96. The fourth-order valence-electron chi connectivity index (χ4n) is 2.02. The van der Waals surface area contributed by atoms with Crippen molar-refractivity contribution in [1.82, 2.24) is 0 Å². The lowest BCUT2D eigenvalue weighted by atomic mass is 10.2. The van der Waals surface area contributed by atoms with Crippen molar-refractivity contribution in [3.63, 3.8) is 0 Å². The van der Waals surface area contributed by atoms with Crippen LogP contribution in [0.1, 0.15) is 50.7 Å². The highest BCUT2D eigenvalue weighted by Crippen LogP contribution is 2.31. The van der Waals surface area contributed by atoms with E-state index in [-0.39, 0.29) is 0 Å². The van der Waals surface area contributed by atoms with Gasteiger partial charge in [-0.15, -0.1) is 0 Å². The average molecular weight is 327 g/mol. The molecule has 0 saturated carbocycles. The van der Waals surface area contributed by atoms with Crippen molar-refractivity contribution < 1.29 is 4.55 Å². The maximum absolute atomic E-state index is 12.6. The molecule has 1 nitrogen and oxygen atoms in total. The van der Waals surface area contributed by atoms with Gasteiger partial charge >= 0.3 is 0 Å². The van der Waals surface area contributed by atoms with Crippen LogP contribution in [0.4, 0.5) is 0 Å². The summed E-state index contributed by atoms with van der Waals surface area (Å²) in [6.45, 7) is 4.41. The van der Waals surface area contributed by atoms with Crippen molar-refractivity contribution in [1.29, 1.82) is 0 Å². The van der Waals surface area contributed by atoms with Gasteiger partial charge in [0.1, 0.15) is 0 Å². The molecular formula is C16H22OS3. The van der Waals surface area contributed by atoms with Crippen molar-refractivity contribution in [2.24, 2.45) is 0 Å². The second-order valence-electron chi connectivity index (χ2n) is 5.02. The molecule has 0 aliphatic carbocycles. The number of unbranched alkanes of at least 4 members (excludes halogenated alkanes) is 2. The van der Waals surface area contributed by atoms with Crippen LogP contribution in [0.15, 0.2) is 31.3 Å². The third-order valence-electron chi connectivity index (χ3n) is 3.26. The van der Waals surface area contributed by atoms with E-state index < -0.39 is 11.2 Å². The third kappa shape index (κ3) is 4.35. The van der Waals surface area contributed by atoms with Crippen LogP contribution in [0.25, 0.3) is 0 Å². The zero-order chi connectivity index (χ0) is 14.4. The molecule has 0 atom stereocenters. The zero-order valence-corrected chi connectivity index (χ0v) is 14.6. The standard InChI is InChI=1S/C16H22OS3/c1-3-5-7-13-9-15(18-11-13)20(17)16-10-14(12-19-16)8-6-4-2/h9-12H,3-8H2,1-2H3. The number of aryl methyl sites for hydroxylation is 2. The van der Waals surface area contributed by atoms with Gasteiger partial charge < -0.3 is 4.55 Å². The van der Waals surface area contributed by atoms with Gasteiger partial charge in [0.25, 0.3) is 0 Å². The highest BCUT2D eigenvalue weighted by atomic mass is 32.3.